The number of alkyl halides is 3. The number of aromatic nitrogens is 1. The van der Waals surface area contributed by atoms with Crippen LogP contribution in [0.4, 0.5) is 13.2 Å². The van der Waals surface area contributed by atoms with Crippen molar-refractivity contribution in [1.29, 1.82) is 0 Å². The average Bonchev–Trinajstić information content (AvgIpc) is 2.04. The van der Waals surface area contributed by atoms with Crippen LogP contribution in [0.25, 0.3) is 0 Å². The van der Waals surface area contributed by atoms with E-state index in [4.69, 9.17) is 10.2 Å². The molecule has 0 atom stereocenters. The number of hydrogen-bond donors (Lipinski definition) is 3. The predicted octanol–water partition coefficient (Wildman–Crippen LogP) is 0.685. The van der Waals surface area contributed by atoms with Crippen molar-refractivity contribution < 1.29 is 28.1 Å². The Morgan fingerprint density at radius 3 is 2.43 bits per heavy atom. The van der Waals surface area contributed by atoms with Gasteiger partial charge in [0.15, 0.2) is 5.75 Å². The average molecular weight is 211 g/mol. The summed E-state index contributed by atoms with van der Waals surface area (Å²) in [4.78, 5) is 12.5. The van der Waals surface area contributed by atoms with Gasteiger partial charge in [0.05, 0.1) is 6.20 Å². The highest BCUT2D eigenvalue weighted by molar-refractivity contribution is 5.37. The molecule has 0 spiro atoms. The van der Waals surface area contributed by atoms with E-state index in [1.165, 1.54) is 0 Å². The number of aromatic hydroxyl groups is 2. The highest BCUT2D eigenvalue weighted by atomic mass is 19.4. The van der Waals surface area contributed by atoms with Gasteiger partial charge in [0.2, 0.25) is 11.6 Å². The predicted molar refractivity (Wildman–Crippen MR) is 37.1 cm³/mol. The molecule has 0 aliphatic carbocycles. The number of hydrogen-bond acceptors (Lipinski definition) is 4. The maximum absolute atomic E-state index is 11.6. The number of rotatable bonds is 1. The number of nitrogens with one attached hydrogen (secondary N) is 1. The third-order valence-electron chi connectivity index (χ3n) is 1.22. The molecule has 1 heterocycles. The first-order valence-electron chi connectivity index (χ1n) is 3.20. The Labute approximate surface area is 74.4 Å². The van der Waals surface area contributed by atoms with Gasteiger partial charge in [-0.05, 0) is 0 Å². The minimum absolute atomic E-state index is 0.573. The number of pyridine rings is 1. The summed E-state index contributed by atoms with van der Waals surface area (Å²) in [5.74, 6) is -3.40. The van der Waals surface area contributed by atoms with Crippen molar-refractivity contribution in [1.82, 2.24) is 4.98 Å². The molecule has 1 aromatic heterocycles. The molecule has 0 bridgehead atoms. The van der Waals surface area contributed by atoms with Crippen molar-refractivity contribution >= 4 is 0 Å². The highest BCUT2D eigenvalue weighted by Crippen LogP contribution is 2.27. The Morgan fingerprint density at radius 1 is 1.36 bits per heavy atom. The van der Waals surface area contributed by atoms with Crippen LogP contribution in [-0.4, -0.2) is 21.6 Å². The van der Waals surface area contributed by atoms with Gasteiger partial charge in [-0.3, -0.25) is 4.79 Å². The third-order valence-corrected chi connectivity index (χ3v) is 1.22. The normalized spacial score (nSPS) is 11.4. The fraction of sp³-hybridized carbons (Fsp3) is 0.167. The summed E-state index contributed by atoms with van der Waals surface area (Å²) < 4.78 is 38.2. The van der Waals surface area contributed by atoms with Crippen LogP contribution in [0.15, 0.2) is 11.0 Å². The summed E-state index contributed by atoms with van der Waals surface area (Å²) in [5, 5.41) is 17.5. The number of halogens is 3. The Morgan fingerprint density at radius 2 is 1.93 bits per heavy atom. The number of aromatic amines is 1. The number of ether oxygens (including phenoxy) is 1. The van der Waals surface area contributed by atoms with E-state index in [2.05, 4.69) is 4.74 Å². The largest absolute Gasteiger partial charge is 0.574 e. The van der Waals surface area contributed by atoms with Gasteiger partial charge in [-0.1, -0.05) is 0 Å². The molecule has 0 aliphatic rings. The molecule has 0 unspecified atom stereocenters. The summed E-state index contributed by atoms with van der Waals surface area (Å²) >= 11 is 0. The maximum Gasteiger partial charge on any atom is 0.574 e. The zero-order valence-electron chi connectivity index (χ0n) is 6.42. The molecular formula is C6H4F3NO4. The van der Waals surface area contributed by atoms with Crippen molar-refractivity contribution in [2.24, 2.45) is 0 Å². The van der Waals surface area contributed by atoms with E-state index < -0.39 is 29.2 Å². The van der Waals surface area contributed by atoms with Crippen LogP contribution in [0.1, 0.15) is 0 Å². The number of H-pyrrole nitrogens is 1. The molecule has 0 aromatic carbocycles. The second kappa shape index (κ2) is 3.13. The van der Waals surface area contributed by atoms with Crippen LogP contribution in [-0.2, 0) is 0 Å². The molecule has 14 heavy (non-hydrogen) atoms. The molecule has 0 aliphatic heterocycles. The Kier molecular flexibility index (Phi) is 2.28. The van der Waals surface area contributed by atoms with E-state index in [9.17, 15) is 18.0 Å². The van der Waals surface area contributed by atoms with Gasteiger partial charge in [-0.25, -0.2) is 0 Å². The lowest BCUT2D eigenvalue weighted by Crippen LogP contribution is -2.19. The maximum atomic E-state index is 11.6. The van der Waals surface area contributed by atoms with Gasteiger partial charge in [0.25, 0.3) is 5.43 Å². The van der Waals surface area contributed by atoms with E-state index in [1.807, 2.05) is 0 Å². The van der Waals surface area contributed by atoms with Gasteiger partial charge >= 0.3 is 6.36 Å². The Balaban J connectivity index is 3.13. The second-order valence-corrected chi connectivity index (χ2v) is 2.23. The van der Waals surface area contributed by atoms with E-state index in [1.54, 1.807) is 4.98 Å². The first kappa shape index (κ1) is 10.2. The quantitative estimate of drug-likeness (QED) is 0.638. The monoisotopic (exact) mass is 211 g/mol. The fourth-order valence-corrected chi connectivity index (χ4v) is 0.686. The first-order valence-corrected chi connectivity index (χ1v) is 3.20. The first-order chi connectivity index (χ1) is 6.31. The highest BCUT2D eigenvalue weighted by Gasteiger charge is 2.33. The van der Waals surface area contributed by atoms with Crippen molar-refractivity contribution in [3.05, 3.63) is 16.4 Å². The van der Waals surface area contributed by atoms with Crippen molar-refractivity contribution in [2.75, 3.05) is 0 Å². The van der Waals surface area contributed by atoms with Gasteiger partial charge in [0, 0.05) is 0 Å². The van der Waals surface area contributed by atoms with Crippen molar-refractivity contribution in [2.45, 2.75) is 6.36 Å². The molecule has 5 nitrogen and oxygen atoms in total. The van der Waals surface area contributed by atoms with Crippen LogP contribution < -0.4 is 10.2 Å². The molecule has 0 amide bonds. The molecule has 0 fully saturated rings. The van der Waals surface area contributed by atoms with Crippen LogP contribution in [0, 0.1) is 0 Å². The molecule has 0 radical (unpaired) electrons. The van der Waals surface area contributed by atoms with Crippen molar-refractivity contribution in [3.63, 3.8) is 0 Å². The van der Waals surface area contributed by atoms with E-state index in [0.717, 1.165) is 0 Å². The minimum Gasteiger partial charge on any atom is -0.503 e. The van der Waals surface area contributed by atoms with E-state index in [0.29, 0.717) is 6.20 Å². The molecule has 8 heteroatoms. The molecule has 1 rings (SSSR count). The van der Waals surface area contributed by atoms with Crippen LogP contribution >= 0.6 is 0 Å². The van der Waals surface area contributed by atoms with Gasteiger partial charge in [0.1, 0.15) is 0 Å². The van der Waals surface area contributed by atoms with E-state index in [-0.39, 0.29) is 0 Å². The summed E-state index contributed by atoms with van der Waals surface area (Å²) in [6.45, 7) is 0. The van der Waals surface area contributed by atoms with Gasteiger partial charge < -0.3 is 19.9 Å². The van der Waals surface area contributed by atoms with Crippen LogP contribution in [0.3, 0.4) is 0 Å². The summed E-state index contributed by atoms with van der Waals surface area (Å²) in [6.07, 6.45) is -4.46. The molecular weight excluding hydrogens is 207 g/mol. The molecule has 3 N–H and O–H groups in total. The van der Waals surface area contributed by atoms with Crippen LogP contribution in [0.2, 0.25) is 0 Å². The third kappa shape index (κ3) is 2.09. The SMILES string of the molecule is O=c1c(O)c[nH]c(OC(F)(F)F)c1O. The van der Waals surface area contributed by atoms with Crippen molar-refractivity contribution in [3.8, 4) is 17.4 Å². The molecule has 0 saturated heterocycles. The summed E-state index contributed by atoms with van der Waals surface area (Å²) in [7, 11) is 0. The zero-order chi connectivity index (χ0) is 10.9. The Hall–Kier alpha value is -1.86. The van der Waals surface area contributed by atoms with Gasteiger partial charge in [-0.15, -0.1) is 13.2 Å². The molecule has 1 aromatic rings. The smallest absolute Gasteiger partial charge is 0.503 e. The summed E-state index contributed by atoms with van der Waals surface area (Å²) in [5.41, 5.74) is -1.34. The summed E-state index contributed by atoms with van der Waals surface area (Å²) in [6, 6.07) is 0. The molecule has 78 valence electrons. The lowest BCUT2D eigenvalue weighted by Gasteiger charge is -2.09. The Bertz CT molecular complexity index is 397. The van der Waals surface area contributed by atoms with Crippen LogP contribution in [0.5, 0.6) is 17.4 Å². The van der Waals surface area contributed by atoms with E-state index >= 15 is 0 Å². The fourth-order valence-electron chi connectivity index (χ4n) is 0.686. The second-order valence-electron chi connectivity index (χ2n) is 2.23. The zero-order valence-corrected chi connectivity index (χ0v) is 6.42. The standard InChI is InChI=1S/C6H4F3NO4/c7-6(8,9)14-5-4(13)3(12)2(11)1-10-5/h1,11,13H,(H,10,12). The lowest BCUT2D eigenvalue weighted by atomic mass is 10.4. The topological polar surface area (TPSA) is 82.5 Å². The molecule has 0 saturated carbocycles. The lowest BCUT2D eigenvalue weighted by molar-refractivity contribution is -0.276. The minimum atomic E-state index is -5.03. The van der Waals surface area contributed by atoms with Gasteiger partial charge in [-0.2, -0.15) is 0 Å².